The van der Waals surface area contributed by atoms with Crippen molar-refractivity contribution in [3.63, 3.8) is 0 Å². The monoisotopic (exact) mass is 331 g/mol. The zero-order valence-electron chi connectivity index (χ0n) is 14.0. The van der Waals surface area contributed by atoms with Gasteiger partial charge >= 0.3 is 0 Å². The van der Waals surface area contributed by atoms with Crippen LogP contribution in [-0.4, -0.2) is 59.3 Å². The third kappa shape index (κ3) is 3.31. The Morgan fingerprint density at radius 1 is 1.29 bits per heavy atom. The van der Waals surface area contributed by atoms with Gasteiger partial charge in [0.2, 0.25) is 0 Å². The number of carbonyl (C=O) groups excluding carboxylic acids is 1. The van der Waals surface area contributed by atoms with E-state index in [9.17, 15) is 4.79 Å². The maximum absolute atomic E-state index is 12.8. The number of carbonyl (C=O) groups is 1. The van der Waals surface area contributed by atoms with Crippen molar-refractivity contribution in [1.82, 2.24) is 14.9 Å². The Morgan fingerprint density at radius 2 is 2.25 bits per heavy atom. The van der Waals surface area contributed by atoms with Gasteiger partial charge in [-0.1, -0.05) is 6.07 Å². The lowest BCUT2D eigenvalue weighted by molar-refractivity contribution is -0.204. The van der Waals surface area contributed by atoms with Crippen molar-refractivity contribution in [3.05, 3.63) is 30.1 Å². The van der Waals surface area contributed by atoms with Crippen molar-refractivity contribution in [2.75, 3.05) is 26.3 Å². The van der Waals surface area contributed by atoms with Crippen molar-refractivity contribution in [3.8, 4) is 0 Å². The fourth-order valence-electron chi connectivity index (χ4n) is 4.09. The standard InChI is InChI=1S/C18H25N3O3/c22-18(21-8-3-4-9-24-21)14-11-17-16(6-10-23-17)20(12-14)13-15-5-1-2-7-19-15/h1-2,5,7,14,16-17H,3-4,6,8-13H2/t14-,16+,17+/m1/s1. The summed E-state index contributed by atoms with van der Waals surface area (Å²) in [7, 11) is 0. The number of nitrogens with zero attached hydrogens (tertiary/aromatic N) is 3. The number of hydroxylamine groups is 2. The summed E-state index contributed by atoms with van der Waals surface area (Å²) in [6.07, 6.45) is 5.89. The molecule has 0 spiro atoms. The first-order valence-corrected chi connectivity index (χ1v) is 9.01. The van der Waals surface area contributed by atoms with E-state index in [-0.39, 0.29) is 17.9 Å². The Morgan fingerprint density at radius 3 is 3.04 bits per heavy atom. The number of fused-ring (bicyclic) bond motifs is 1. The highest BCUT2D eigenvalue weighted by atomic mass is 16.7. The third-order valence-corrected chi connectivity index (χ3v) is 5.30. The quantitative estimate of drug-likeness (QED) is 0.842. The van der Waals surface area contributed by atoms with Gasteiger partial charge < -0.3 is 4.74 Å². The number of ether oxygens (including phenoxy) is 1. The summed E-state index contributed by atoms with van der Waals surface area (Å²) in [5.41, 5.74) is 1.05. The first-order valence-electron chi connectivity index (χ1n) is 9.01. The molecule has 3 saturated heterocycles. The molecule has 3 aliphatic heterocycles. The molecule has 130 valence electrons. The molecule has 24 heavy (non-hydrogen) atoms. The average Bonchev–Trinajstić information content (AvgIpc) is 3.11. The Balaban J connectivity index is 1.47. The van der Waals surface area contributed by atoms with Crippen LogP contribution in [0.3, 0.4) is 0 Å². The summed E-state index contributed by atoms with van der Waals surface area (Å²) in [5, 5.41) is 1.59. The van der Waals surface area contributed by atoms with Crippen LogP contribution in [-0.2, 0) is 20.9 Å². The molecule has 4 heterocycles. The molecule has 0 N–H and O–H groups in total. The van der Waals surface area contributed by atoms with E-state index >= 15 is 0 Å². The van der Waals surface area contributed by atoms with Crippen LogP contribution < -0.4 is 0 Å². The second-order valence-corrected chi connectivity index (χ2v) is 6.93. The van der Waals surface area contributed by atoms with E-state index in [0.29, 0.717) is 19.2 Å². The van der Waals surface area contributed by atoms with E-state index in [4.69, 9.17) is 9.57 Å². The molecule has 6 nitrogen and oxygen atoms in total. The van der Waals surface area contributed by atoms with Crippen LogP contribution in [0.2, 0.25) is 0 Å². The minimum atomic E-state index is -0.0498. The lowest BCUT2D eigenvalue weighted by Crippen LogP contribution is -2.53. The molecule has 1 aromatic heterocycles. The van der Waals surface area contributed by atoms with Gasteiger partial charge in [0.1, 0.15) is 0 Å². The second kappa shape index (κ2) is 7.17. The average molecular weight is 331 g/mol. The molecule has 1 aromatic rings. The highest BCUT2D eigenvalue weighted by Crippen LogP contribution is 2.33. The van der Waals surface area contributed by atoms with Crippen molar-refractivity contribution in [2.24, 2.45) is 5.92 Å². The highest BCUT2D eigenvalue weighted by Gasteiger charge is 2.43. The van der Waals surface area contributed by atoms with Gasteiger partial charge in [-0.3, -0.25) is 19.5 Å². The van der Waals surface area contributed by atoms with E-state index in [0.717, 1.165) is 51.1 Å². The number of pyridine rings is 1. The van der Waals surface area contributed by atoms with Crippen LogP contribution in [0, 0.1) is 5.92 Å². The van der Waals surface area contributed by atoms with Gasteiger partial charge in [-0.05, 0) is 37.8 Å². The normalized spacial score (nSPS) is 31.0. The molecule has 4 rings (SSSR count). The molecule has 3 atom stereocenters. The summed E-state index contributed by atoms with van der Waals surface area (Å²) in [6, 6.07) is 6.39. The number of hydrogen-bond donors (Lipinski definition) is 0. The topological polar surface area (TPSA) is 54.9 Å². The predicted molar refractivity (Wildman–Crippen MR) is 87.8 cm³/mol. The Bertz CT molecular complexity index is 562. The van der Waals surface area contributed by atoms with Crippen LogP contribution >= 0.6 is 0 Å². The molecule has 0 unspecified atom stereocenters. The Labute approximate surface area is 142 Å². The number of aromatic nitrogens is 1. The van der Waals surface area contributed by atoms with E-state index in [1.54, 1.807) is 5.06 Å². The third-order valence-electron chi connectivity index (χ3n) is 5.30. The van der Waals surface area contributed by atoms with Crippen LogP contribution in [0.25, 0.3) is 0 Å². The van der Waals surface area contributed by atoms with Gasteiger partial charge in [-0.15, -0.1) is 0 Å². The smallest absolute Gasteiger partial charge is 0.250 e. The minimum absolute atomic E-state index is 0.0498. The van der Waals surface area contributed by atoms with Gasteiger partial charge in [-0.2, -0.15) is 0 Å². The summed E-state index contributed by atoms with van der Waals surface area (Å²) in [4.78, 5) is 25.2. The van der Waals surface area contributed by atoms with Crippen LogP contribution in [0.4, 0.5) is 0 Å². The van der Waals surface area contributed by atoms with Crippen molar-refractivity contribution >= 4 is 5.91 Å². The molecule has 1 amide bonds. The summed E-state index contributed by atoms with van der Waals surface area (Å²) < 4.78 is 5.92. The summed E-state index contributed by atoms with van der Waals surface area (Å²) in [5.74, 6) is 0.0702. The zero-order chi connectivity index (χ0) is 16.4. The van der Waals surface area contributed by atoms with Crippen LogP contribution in [0.15, 0.2) is 24.4 Å². The van der Waals surface area contributed by atoms with Crippen molar-refractivity contribution < 1.29 is 14.4 Å². The second-order valence-electron chi connectivity index (χ2n) is 6.93. The van der Waals surface area contributed by atoms with E-state index in [1.807, 2.05) is 24.4 Å². The van der Waals surface area contributed by atoms with Crippen molar-refractivity contribution in [1.29, 1.82) is 0 Å². The lowest BCUT2D eigenvalue weighted by Gasteiger charge is -2.41. The Kier molecular flexibility index (Phi) is 4.78. The zero-order valence-corrected chi connectivity index (χ0v) is 14.0. The molecule has 0 saturated carbocycles. The SMILES string of the molecule is O=C([C@@H]1C[C@@H]2OCC[C@@H]2N(Cc2ccccn2)C1)N1CCCCO1. The van der Waals surface area contributed by atoms with Gasteiger partial charge in [0.15, 0.2) is 0 Å². The van der Waals surface area contributed by atoms with Gasteiger partial charge in [0.25, 0.3) is 5.91 Å². The number of likely N-dealkylation sites (tertiary alicyclic amines) is 1. The maximum Gasteiger partial charge on any atom is 0.250 e. The van der Waals surface area contributed by atoms with Gasteiger partial charge in [0, 0.05) is 38.5 Å². The molecule has 0 radical (unpaired) electrons. The maximum atomic E-state index is 12.8. The first-order chi connectivity index (χ1) is 11.8. The van der Waals surface area contributed by atoms with Crippen molar-refractivity contribution in [2.45, 2.75) is 44.4 Å². The summed E-state index contributed by atoms with van der Waals surface area (Å²) in [6.45, 7) is 3.69. The molecule has 0 aromatic carbocycles. The largest absolute Gasteiger partial charge is 0.377 e. The van der Waals surface area contributed by atoms with E-state index in [1.165, 1.54) is 0 Å². The number of piperidine rings is 1. The Hall–Kier alpha value is -1.50. The minimum Gasteiger partial charge on any atom is -0.377 e. The predicted octanol–water partition coefficient (Wildman–Crippen LogP) is 1.61. The molecule has 3 aliphatic rings. The first kappa shape index (κ1) is 16.0. The number of hydrogen-bond acceptors (Lipinski definition) is 5. The fraction of sp³-hybridized carbons (Fsp3) is 0.667. The van der Waals surface area contributed by atoms with Gasteiger partial charge in [0.05, 0.1) is 24.3 Å². The number of amides is 1. The van der Waals surface area contributed by atoms with E-state index < -0.39 is 0 Å². The lowest BCUT2D eigenvalue weighted by atomic mass is 9.89. The number of rotatable bonds is 3. The molecule has 0 bridgehead atoms. The van der Waals surface area contributed by atoms with Gasteiger partial charge in [-0.25, -0.2) is 5.06 Å². The summed E-state index contributed by atoms with van der Waals surface area (Å²) >= 11 is 0. The molecular formula is C18H25N3O3. The molecule has 0 aliphatic carbocycles. The molecule has 6 heteroatoms. The molecular weight excluding hydrogens is 306 g/mol. The van der Waals surface area contributed by atoms with Crippen LogP contribution in [0.1, 0.15) is 31.4 Å². The molecule has 3 fully saturated rings. The van der Waals surface area contributed by atoms with E-state index in [2.05, 4.69) is 9.88 Å². The van der Waals surface area contributed by atoms with Crippen LogP contribution in [0.5, 0.6) is 0 Å². The fourth-order valence-corrected chi connectivity index (χ4v) is 4.09. The highest BCUT2D eigenvalue weighted by molar-refractivity contribution is 5.78.